The molecular formula is C17H25ClFIN4O. The topological polar surface area (TPSA) is 47.9 Å². The maximum Gasteiger partial charge on any atom is 0.227 e. The van der Waals surface area contributed by atoms with Gasteiger partial charge < -0.3 is 15.1 Å². The second-order valence-electron chi connectivity index (χ2n) is 5.69. The van der Waals surface area contributed by atoms with E-state index < -0.39 is 0 Å². The average Bonchev–Trinajstić information content (AvgIpc) is 2.59. The molecule has 0 radical (unpaired) electrons. The SMILES string of the molecule is CN=C(NCCCF)N1CCN(C(=O)Cc2cccc(Cl)c2)CC1.I. The van der Waals surface area contributed by atoms with Crippen molar-refractivity contribution in [1.82, 2.24) is 15.1 Å². The molecular weight excluding hydrogens is 458 g/mol. The van der Waals surface area contributed by atoms with E-state index >= 15 is 0 Å². The van der Waals surface area contributed by atoms with Crippen molar-refractivity contribution in [3.63, 3.8) is 0 Å². The van der Waals surface area contributed by atoms with Crippen molar-refractivity contribution in [2.24, 2.45) is 4.99 Å². The van der Waals surface area contributed by atoms with Crippen LogP contribution >= 0.6 is 35.6 Å². The van der Waals surface area contributed by atoms with Gasteiger partial charge in [-0.15, -0.1) is 24.0 Å². The summed E-state index contributed by atoms with van der Waals surface area (Å²) in [6.07, 6.45) is 0.834. The molecule has 0 bridgehead atoms. The second-order valence-corrected chi connectivity index (χ2v) is 6.13. The molecule has 1 aromatic carbocycles. The summed E-state index contributed by atoms with van der Waals surface area (Å²) in [5, 5.41) is 3.79. The van der Waals surface area contributed by atoms with Gasteiger partial charge in [-0.2, -0.15) is 0 Å². The summed E-state index contributed by atoms with van der Waals surface area (Å²) >= 11 is 5.96. The third kappa shape index (κ3) is 6.97. The lowest BCUT2D eigenvalue weighted by Gasteiger charge is -2.36. The number of nitrogens with one attached hydrogen (secondary N) is 1. The van der Waals surface area contributed by atoms with Crippen LogP contribution in [-0.2, 0) is 11.2 Å². The molecule has 1 N–H and O–H groups in total. The number of carbonyl (C=O) groups excluding carboxylic acids is 1. The molecule has 1 aromatic rings. The van der Waals surface area contributed by atoms with Gasteiger partial charge >= 0.3 is 0 Å². The van der Waals surface area contributed by atoms with E-state index in [1.54, 1.807) is 13.1 Å². The van der Waals surface area contributed by atoms with Crippen molar-refractivity contribution in [2.45, 2.75) is 12.8 Å². The van der Waals surface area contributed by atoms with Crippen LogP contribution < -0.4 is 5.32 Å². The maximum atomic E-state index is 12.4. The zero-order valence-corrected chi connectivity index (χ0v) is 17.5. The van der Waals surface area contributed by atoms with Crippen molar-refractivity contribution in [3.05, 3.63) is 34.9 Å². The van der Waals surface area contributed by atoms with Gasteiger partial charge in [0.25, 0.3) is 0 Å². The highest BCUT2D eigenvalue weighted by Crippen LogP contribution is 2.13. The van der Waals surface area contributed by atoms with Gasteiger partial charge in [0.1, 0.15) is 0 Å². The molecule has 0 saturated carbocycles. The van der Waals surface area contributed by atoms with Crippen LogP contribution in [0.3, 0.4) is 0 Å². The summed E-state index contributed by atoms with van der Waals surface area (Å²) in [6.45, 7) is 2.98. The minimum Gasteiger partial charge on any atom is -0.356 e. The van der Waals surface area contributed by atoms with E-state index in [-0.39, 0.29) is 36.6 Å². The van der Waals surface area contributed by atoms with Crippen molar-refractivity contribution in [3.8, 4) is 0 Å². The maximum absolute atomic E-state index is 12.4. The van der Waals surface area contributed by atoms with Gasteiger partial charge in [-0.1, -0.05) is 23.7 Å². The Morgan fingerprint density at radius 3 is 2.56 bits per heavy atom. The number of piperazine rings is 1. The first-order valence-electron chi connectivity index (χ1n) is 8.18. The number of rotatable bonds is 5. The number of aliphatic imine (C=N–C) groups is 1. The van der Waals surface area contributed by atoms with E-state index in [2.05, 4.69) is 15.2 Å². The minimum absolute atomic E-state index is 0. The van der Waals surface area contributed by atoms with Gasteiger partial charge in [0.15, 0.2) is 5.96 Å². The lowest BCUT2D eigenvalue weighted by molar-refractivity contribution is -0.131. The molecule has 1 aliphatic rings. The van der Waals surface area contributed by atoms with E-state index in [0.29, 0.717) is 37.5 Å². The van der Waals surface area contributed by atoms with E-state index in [9.17, 15) is 9.18 Å². The first kappa shape index (κ1) is 22.0. The number of guanidine groups is 1. The molecule has 0 unspecified atom stereocenters. The summed E-state index contributed by atoms with van der Waals surface area (Å²) in [4.78, 5) is 20.6. The molecule has 0 aromatic heterocycles. The quantitative estimate of drug-likeness (QED) is 0.304. The van der Waals surface area contributed by atoms with E-state index in [1.807, 2.05) is 23.1 Å². The summed E-state index contributed by atoms with van der Waals surface area (Å²) < 4.78 is 12.2. The molecule has 1 fully saturated rings. The van der Waals surface area contributed by atoms with Crippen LogP contribution in [0.2, 0.25) is 5.02 Å². The third-order valence-electron chi connectivity index (χ3n) is 3.98. The predicted octanol–water partition coefficient (Wildman–Crippen LogP) is 2.58. The molecule has 25 heavy (non-hydrogen) atoms. The Kier molecular flexibility index (Phi) is 10.1. The van der Waals surface area contributed by atoms with Gasteiger partial charge in [-0.3, -0.25) is 14.2 Å². The molecule has 1 amide bonds. The molecule has 5 nitrogen and oxygen atoms in total. The van der Waals surface area contributed by atoms with Crippen LogP contribution in [0.15, 0.2) is 29.3 Å². The smallest absolute Gasteiger partial charge is 0.227 e. The van der Waals surface area contributed by atoms with E-state index in [4.69, 9.17) is 11.6 Å². The predicted molar refractivity (Wildman–Crippen MR) is 111 cm³/mol. The second kappa shape index (κ2) is 11.5. The highest BCUT2D eigenvalue weighted by atomic mass is 127. The van der Waals surface area contributed by atoms with Crippen LogP contribution in [0.25, 0.3) is 0 Å². The molecule has 1 aliphatic heterocycles. The monoisotopic (exact) mass is 482 g/mol. The molecule has 2 rings (SSSR count). The zero-order valence-electron chi connectivity index (χ0n) is 14.4. The first-order valence-corrected chi connectivity index (χ1v) is 8.55. The van der Waals surface area contributed by atoms with Gasteiger partial charge in [-0.05, 0) is 24.1 Å². The van der Waals surface area contributed by atoms with Crippen molar-refractivity contribution >= 4 is 47.4 Å². The van der Waals surface area contributed by atoms with Crippen LogP contribution in [0.4, 0.5) is 4.39 Å². The largest absolute Gasteiger partial charge is 0.356 e. The molecule has 8 heteroatoms. The number of carbonyl (C=O) groups is 1. The Hall–Kier alpha value is -1.09. The summed E-state index contributed by atoms with van der Waals surface area (Å²) in [5.74, 6) is 0.877. The van der Waals surface area contributed by atoms with E-state index in [1.165, 1.54) is 0 Å². The lowest BCUT2D eigenvalue weighted by atomic mass is 10.1. The van der Waals surface area contributed by atoms with Crippen LogP contribution in [0.5, 0.6) is 0 Å². The van der Waals surface area contributed by atoms with Crippen molar-refractivity contribution < 1.29 is 9.18 Å². The summed E-state index contributed by atoms with van der Waals surface area (Å²) in [5.41, 5.74) is 0.929. The average molecular weight is 483 g/mol. The fourth-order valence-electron chi connectivity index (χ4n) is 2.70. The number of hydrogen-bond acceptors (Lipinski definition) is 2. The molecule has 0 atom stereocenters. The number of amides is 1. The van der Waals surface area contributed by atoms with Gasteiger partial charge in [0.2, 0.25) is 5.91 Å². The van der Waals surface area contributed by atoms with E-state index in [0.717, 1.165) is 24.6 Å². The fourth-order valence-corrected chi connectivity index (χ4v) is 2.91. The lowest BCUT2D eigenvalue weighted by Crippen LogP contribution is -2.54. The Morgan fingerprint density at radius 2 is 1.96 bits per heavy atom. The number of benzene rings is 1. The fraction of sp³-hybridized carbons (Fsp3) is 0.529. The molecule has 1 saturated heterocycles. The van der Waals surface area contributed by atoms with Gasteiger partial charge in [-0.25, -0.2) is 0 Å². The summed E-state index contributed by atoms with van der Waals surface area (Å²) in [6, 6.07) is 7.40. The van der Waals surface area contributed by atoms with Crippen LogP contribution in [0.1, 0.15) is 12.0 Å². The standard InChI is InChI=1S/C17H24ClFN4O.HI/c1-20-17(21-7-3-6-19)23-10-8-22(9-11-23)16(24)13-14-4-2-5-15(18)12-14;/h2,4-5,12H,3,6-11,13H2,1H3,(H,20,21);1H. The molecule has 0 aliphatic carbocycles. The Balaban J connectivity index is 0.00000312. The highest BCUT2D eigenvalue weighted by molar-refractivity contribution is 14.0. The molecule has 140 valence electrons. The number of halogens is 3. The first-order chi connectivity index (χ1) is 11.6. The van der Waals surface area contributed by atoms with Gasteiger partial charge in [0, 0.05) is 44.8 Å². The Labute approximate surface area is 170 Å². The minimum atomic E-state index is -0.338. The Morgan fingerprint density at radius 1 is 1.28 bits per heavy atom. The van der Waals surface area contributed by atoms with Crippen molar-refractivity contribution in [1.29, 1.82) is 0 Å². The summed E-state index contributed by atoms with van der Waals surface area (Å²) in [7, 11) is 1.72. The normalized spacial score (nSPS) is 14.9. The molecule has 1 heterocycles. The third-order valence-corrected chi connectivity index (χ3v) is 4.22. The van der Waals surface area contributed by atoms with Crippen LogP contribution in [0, 0.1) is 0 Å². The molecule has 0 spiro atoms. The van der Waals surface area contributed by atoms with Crippen molar-refractivity contribution in [2.75, 3.05) is 46.4 Å². The highest BCUT2D eigenvalue weighted by Gasteiger charge is 2.22. The number of hydrogen-bond donors (Lipinski definition) is 1. The Bertz CT molecular complexity index is 580. The zero-order chi connectivity index (χ0) is 17.4. The van der Waals surface area contributed by atoms with Gasteiger partial charge in [0.05, 0.1) is 13.1 Å². The number of nitrogens with zero attached hydrogens (tertiary/aromatic N) is 3. The number of alkyl halides is 1. The van der Waals surface area contributed by atoms with Crippen LogP contribution in [-0.4, -0.2) is 68.1 Å².